The van der Waals surface area contributed by atoms with Gasteiger partial charge in [0.25, 0.3) is 5.91 Å². The molecule has 0 spiro atoms. The Kier molecular flexibility index (Phi) is 5.58. The predicted molar refractivity (Wildman–Crippen MR) is 112 cm³/mol. The molecule has 3 amide bonds. The van der Waals surface area contributed by atoms with Crippen LogP contribution in [0.15, 0.2) is 42.5 Å². The van der Waals surface area contributed by atoms with Crippen molar-refractivity contribution in [2.45, 2.75) is 31.0 Å². The summed E-state index contributed by atoms with van der Waals surface area (Å²) in [6, 6.07) is 9.46. The second-order valence-electron chi connectivity index (χ2n) is 7.47. The largest absolute Gasteiger partial charge is 0.508 e. The summed E-state index contributed by atoms with van der Waals surface area (Å²) in [5.41, 5.74) is 1.18. The number of halogens is 2. The summed E-state index contributed by atoms with van der Waals surface area (Å²) in [6.45, 7) is 0.260. The van der Waals surface area contributed by atoms with E-state index < -0.39 is 12.1 Å². The van der Waals surface area contributed by atoms with Crippen LogP contribution < -0.4 is 10.6 Å². The molecule has 0 saturated carbocycles. The lowest BCUT2D eigenvalue weighted by atomic mass is 10.0. The molecule has 2 heterocycles. The fourth-order valence-electron chi connectivity index (χ4n) is 3.87. The van der Waals surface area contributed by atoms with E-state index in [2.05, 4.69) is 10.6 Å². The minimum Gasteiger partial charge on any atom is -0.508 e. The lowest BCUT2D eigenvalue weighted by Gasteiger charge is -2.34. The third-order valence-electron chi connectivity index (χ3n) is 5.39. The van der Waals surface area contributed by atoms with E-state index in [1.165, 1.54) is 23.1 Å². The summed E-state index contributed by atoms with van der Waals surface area (Å²) in [7, 11) is 0. The van der Waals surface area contributed by atoms with Gasteiger partial charge in [0.05, 0.1) is 10.0 Å². The number of hydrogen-bond acceptors (Lipinski definition) is 4. The summed E-state index contributed by atoms with van der Waals surface area (Å²) in [5, 5.41) is 15.7. The summed E-state index contributed by atoms with van der Waals surface area (Å²) >= 11 is 11.9. The number of nitrogens with zero attached hydrogens (tertiary/aromatic N) is 1. The quantitative estimate of drug-likeness (QED) is 0.668. The average molecular weight is 448 g/mol. The number of phenols is 1. The summed E-state index contributed by atoms with van der Waals surface area (Å²) in [4.78, 5) is 39.6. The first-order valence-corrected chi connectivity index (χ1v) is 10.2. The van der Waals surface area contributed by atoms with E-state index in [-0.39, 0.29) is 41.1 Å². The van der Waals surface area contributed by atoms with Crippen LogP contribution >= 0.6 is 23.2 Å². The Bertz CT molecular complexity index is 1010. The molecule has 2 aromatic rings. The van der Waals surface area contributed by atoms with Crippen LogP contribution in [0.4, 0.5) is 0 Å². The highest BCUT2D eigenvalue weighted by molar-refractivity contribution is 6.42. The first-order valence-electron chi connectivity index (χ1n) is 9.46. The zero-order valence-corrected chi connectivity index (χ0v) is 17.3. The van der Waals surface area contributed by atoms with Crippen LogP contribution in [-0.4, -0.2) is 52.4 Å². The van der Waals surface area contributed by atoms with Crippen molar-refractivity contribution in [1.29, 1.82) is 0 Å². The molecule has 30 heavy (non-hydrogen) atoms. The molecule has 0 bridgehead atoms. The van der Waals surface area contributed by atoms with Crippen molar-refractivity contribution < 1.29 is 19.5 Å². The van der Waals surface area contributed by atoms with Crippen LogP contribution in [0.2, 0.25) is 10.0 Å². The van der Waals surface area contributed by atoms with Crippen molar-refractivity contribution in [2.24, 2.45) is 0 Å². The van der Waals surface area contributed by atoms with E-state index in [4.69, 9.17) is 23.2 Å². The monoisotopic (exact) mass is 447 g/mol. The maximum Gasteiger partial charge on any atom is 0.251 e. The smallest absolute Gasteiger partial charge is 0.251 e. The van der Waals surface area contributed by atoms with E-state index in [0.717, 1.165) is 5.56 Å². The van der Waals surface area contributed by atoms with Gasteiger partial charge in [-0.2, -0.15) is 0 Å². The van der Waals surface area contributed by atoms with E-state index in [9.17, 15) is 19.5 Å². The van der Waals surface area contributed by atoms with Crippen molar-refractivity contribution >= 4 is 40.9 Å². The number of carbonyl (C=O) groups is 3. The van der Waals surface area contributed by atoms with Gasteiger partial charge in [-0.15, -0.1) is 0 Å². The summed E-state index contributed by atoms with van der Waals surface area (Å²) in [5.74, 6) is -0.617. The highest BCUT2D eigenvalue weighted by Crippen LogP contribution is 2.26. The SMILES string of the molecule is O=C(N[C@H]1C[C@H]2C(=O)N[C@@H](Cc3ccc(O)cc3)C(=O)N2C1)c1ccc(Cl)c(Cl)c1. The predicted octanol–water partition coefficient (Wildman–Crippen LogP) is 2.14. The molecule has 2 fully saturated rings. The van der Waals surface area contributed by atoms with Crippen LogP contribution in [0.25, 0.3) is 0 Å². The molecule has 0 aliphatic carbocycles. The Labute approximate surface area is 183 Å². The number of carbonyl (C=O) groups excluding carboxylic acids is 3. The molecule has 2 aromatic carbocycles. The fourth-order valence-corrected chi connectivity index (χ4v) is 4.17. The number of fused-ring (bicyclic) bond motifs is 1. The van der Waals surface area contributed by atoms with Gasteiger partial charge in [-0.25, -0.2) is 0 Å². The Balaban J connectivity index is 1.42. The Morgan fingerprint density at radius 3 is 2.57 bits per heavy atom. The van der Waals surface area contributed by atoms with Crippen LogP contribution in [-0.2, 0) is 16.0 Å². The third kappa shape index (κ3) is 4.08. The van der Waals surface area contributed by atoms with Crippen LogP contribution in [0.1, 0.15) is 22.3 Å². The number of hydrogen-bond donors (Lipinski definition) is 3. The van der Waals surface area contributed by atoms with E-state index in [1.807, 2.05) is 0 Å². The third-order valence-corrected chi connectivity index (χ3v) is 6.13. The fraction of sp³-hybridized carbons (Fsp3) is 0.286. The molecule has 9 heteroatoms. The van der Waals surface area contributed by atoms with Crippen molar-refractivity contribution in [1.82, 2.24) is 15.5 Å². The maximum absolute atomic E-state index is 12.9. The number of aromatic hydroxyl groups is 1. The second kappa shape index (κ2) is 8.16. The van der Waals surface area contributed by atoms with E-state index >= 15 is 0 Å². The van der Waals surface area contributed by atoms with Crippen LogP contribution in [0, 0.1) is 0 Å². The molecule has 3 N–H and O–H groups in total. The zero-order chi connectivity index (χ0) is 21.4. The first-order chi connectivity index (χ1) is 14.3. The minimum absolute atomic E-state index is 0.137. The van der Waals surface area contributed by atoms with Crippen molar-refractivity contribution in [3.63, 3.8) is 0 Å². The van der Waals surface area contributed by atoms with Gasteiger partial charge in [-0.1, -0.05) is 35.3 Å². The Morgan fingerprint density at radius 1 is 1.13 bits per heavy atom. The van der Waals surface area contributed by atoms with E-state index in [1.54, 1.807) is 24.3 Å². The van der Waals surface area contributed by atoms with Gasteiger partial charge in [0, 0.05) is 24.6 Å². The molecule has 0 radical (unpaired) electrons. The van der Waals surface area contributed by atoms with Gasteiger partial charge in [0.15, 0.2) is 0 Å². The molecule has 3 atom stereocenters. The summed E-state index contributed by atoms with van der Waals surface area (Å²) in [6.07, 6.45) is 0.672. The van der Waals surface area contributed by atoms with Gasteiger partial charge < -0.3 is 20.6 Å². The maximum atomic E-state index is 12.9. The molecular weight excluding hydrogens is 429 g/mol. The van der Waals surface area contributed by atoms with Crippen LogP contribution in [0.3, 0.4) is 0 Å². The molecule has 2 aliphatic heterocycles. The number of amides is 3. The number of piperazine rings is 1. The van der Waals surface area contributed by atoms with Crippen molar-refractivity contribution in [3.05, 3.63) is 63.6 Å². The average Bonchev–Trinajstić information content (AvgIpc) is 3.14. The van der Waals surface area contributed by atoms with Crippen molar-refractivity contribution in [3.8, 4) is 5.75 Å². The number of rotatable bonds is 4. The van der Waals surface area contributed by atoms with Gasteiger partial charge in [0.1, 0.15) is 17.8 Å². The number of nitrogens with one attached hydrogen (secondary N) is 2. The highest BCUT2D eigenvalue weighted by Gasteiger charge is 2.46. The second-order valence-corrected chi connectivity index (χ2v) is 8.29. The molecule has 2 saturated heterocycles. The number of phenolic OH excluding ortho intramolecular Hbond substituents is 1. The number of benzene rings is 2. The normalized spacial score (nSPS) is 23.1. The molecule has 0 unspecified atom stereocenters. The molecule has 2 aliphatic rings. The standard InChI is InChI=1S/C21H19Cl2N3O4/c22-15-6-3-12(8-16(15)23)19(28)24-13-9-18-20(29)25-17(21(30)26(18)10-13)7-11-1-4-14(27)5-2-11/h1-6,8,13,17-18,27H,7,9-10H2,(H,24,28)(H,25,29)/t13-,17-,18-/m0/s1. The summed E-state index contributed by atoms with van der Waals surface area (Å²) < 4.78 is 0. The highest BCUT2D eigenvalue weighted by atomic mass is 35.5. The molecule has 0 aromatic heterocycles. The van der Waals surface area contributed by atoms with Crippen molar-refractivity contribution in [2.75, 3.05) is 6.54 Å². The van der Waals surface area contributed by atoms with Crippen LogP contribution in [0.5, 0.6) is 5.75 Å². The Hall–Kier alpha value is -2.77. The molecular formula is C21H19Cl2N3O4. The lowest BCUT2D eigenvalue weighted by molar-refractivity contribution is -0.147. The van der Waals surface area contributed by atoms with Gasteiger partial charge in [0.2, 0.25) is 11.8 Å². The lowest BCUT2D eigenvalue weighted by Crippen LogP contribution is -2.61. The molecule has 156 valence electrons. The zero-order valence-electron chi connectivity index (χ0n) is 15.8. The van der Waals surface area contributed by atoms with Gasteiger partial charge in [-0.3, -0.25) is 14.4 Å². The molecule has 4 rings (SSSR count). The molecule has 7 nitrogen and oxygen atoms in total. The van der Waals surface area contributed by atoms with E-state index in [0.29, 0.717) is 23.4 Å². The Morgan fingerprint density at radius 2 is 1.87 bits per heavy atom. The first kappa shape index (κ1) is 20.5. The minimum atomic E-state index is -0.678. The van der Waals surface area contributed by atoms with Gasteiger partial charge in [-0.05, 0) is 42.3 Å². The topological polar surface area (TPSA) is 98.7 Å². The van der Waals surface area contributed by atoms with Gasteiger partial charge >= 0.3 is 0 Å².